The van der Waals surface area contributed by atoms with Crippen LogP contribution in [0.3, 0.4) is 0 Å². The molecule has 0 bridgehead atoms. The van der Waals surface area contributed by atoms with Gasteiger partial charge in [-0.25, -0.2) is 0 Å². The Morgan fingerprint density at radius 3 is 2.54 bits per heavy atom. The van der Waals surface area contributed by atoms with Crippen molar-refractivity contribution in [1.29, 1.82) is 0 Å². The minimum Gasteiger partial charge on any atom is -0.469 e. The van der Waals surface area contributed by atoms with Crippen molar-refractivity contribution < 1.29 is 24.9 Å². The van der Waals surface area contributed by atoms with Crippen LogP contribution in [-0.2, 0) is 9.53 Å². The van der Waals surface area contributed by atoms with E-state index < -0.39 is 29.7 Å². The highest BCUT2D eigenvalue weighted by Crippen LogP contribution is 2.62. The van der Waals surface area contributed by atoms with Gasteiger partial charge in [-0.15, -0.1) is 0 Å². The summed E-state index contributed by atoms with van der Waals surface area (Å²) in [5, 5.41) is 31.0. The Hall–Kier alpha value is -1.69. The van der Waals surface area contributed by atoms with Gasteiger partial charge in [0.25, 0.3) is 0 Å². The molecule has 5 nitrogen and oxygen atoms in total. The Kier molecular flexibility index (Phi) is 8.25. The molecule has 6 atom stereocenters. The summed E-state index contributed by atoms with van der Waals surface area (Å²) in [5.41, 5.74) is 2.17. The molecule has 0 aromatic heterocycles. The summed E-state index contributed by atoms with van der Waals surface area (Å²) in [6.07, 6.45) is 12.7. The lowest BCUT2D eigenvalue weighted by molar-refractivity contribution is -0.155. The Labute approximate surface area is 211 Å². The van der Waals surface area contributed by atoms with Crippen molar-refractivity contribution in [2.45, 2.75) is 97.9 Å². The number of carbonyl (C=O) groups excluding carboxylic acids is 1. The van der Waals surface area contributed by atoms with Crippen molar-refractivity contribution in [1.82, 2.24) is 0 Å². The van der Waals surface area contributed by atoms with Crippen molar-refractivity contribution in [3.63, 3.8) is 0 Å². The summed E-state index contributed by atoms with van der Waals surface area (Å²) in [6.45, 7) is 14.4. The molecule has 196 valence electrons. The van der Waals surface area contributed by atoms with Gasteiger partial charge in [-0.05, 0) is 86.2 Å². The van der Waals surface area contributed by atoms with E-state index in [1.807, 2.05) is 0 Å². The largest absolute Gasteiger partial charge is 0.469 e. The van der Waals surface area contributed by atoms with Gasteiger partial charge < -0.3 is 20.1 Å². The number of aliphatic hydroxyl groups excluding tert-OH is 3. The zero-order valence-electron chi connectivity index (χ0n) is 22.5. The lowest BCUT2D eigenvalue weighted by Crippen LogP contribution is -2.40. The van der Waals surface area contributed by atoms with Gasteiger partial charge in [0.1, 0.15) is 0 Å². The fourth-order valence-corrected chi connectivity index (χ4v) is 7.01. The number of hydrogen-bond donors (Lipinski definition) is 3. The van der Waals surface area contributed by atoms with Gasteiger partial charge in [0.15, 0.2) is 0 Å². The second-order valence-corrected chi connectivity index (χ2v) is 12.4. The van der Waals surface area contributed by atoms with Crippen LogP contribution in [0.1, 0.15) is 79.6 Å². The lowest BCUT2D eigenvalue weighted by atomic mass is 9.57. The molecule has 0 spiro atoms. The molecule has 3 aliphatic carbocycles. The van der Waals surface area contributed by atoms with Crippen LogP contribution in [-0.4, -0.2) is 46.7 Å². The van der Waals surface area contributed by atoms with Gasteiger partial charge in [0.05, 0.1) is 30.8 Å². The molecular weight excluding hydrogens is 440 g/mol. The van der Waals surface area contributed by atoms with Crippen molar-refractivity contribution in [2.24, 2.45) is 28.1 Å². The Bertz CT molecular complexity index is 908. The minimum atomic E-state index is -0.998. The monoisotopic (exact) mass is 486 g/mol. The summed E-state index contributed by atoms with van der Waals surface area (Å²) in [5.74, 6) is 0.528. The number of methoxy groups -OCH3 is 1. The maximum atomic E-state index is 12.1. The van der Waals surface area contributed by atoms with Crippen LogP contribution in [0, 0.1) is 28.1 Å². The Morgan fingerprint density at radius 2 is 1.89 bits per heavy atom. The Balaban J connectivity index is 1.80. The van der Waals surface area contributed by atoms with Crippen LogP contribution < -0.4 is 0 Å². The first-order valence-corrected chi connectivity index (χ1v) is 13.1. The third-order valence-electron chi connectivity index (χ3n) is 9.29. The fraction of sp³-hybridized carbons (Fsp3) is 0.700. The smallest absolute Gasteiger partial charge is 0.314 e. The summed E-state index contributed by atoms with van der Waals surface area (Å²) in [7, 11) is 1.35. The normalized spacial score (nSPS) is 35.5. The molecule has 0 unspecified atom stereocenters. The standard InChI is InChI=1S/C30H46O5/c1-19-21(17-22(31)18-24(19)32)11-10-20-9-8-15-30(6)23(20)12-13-25(30)28(2,3)16-14-26(33)29(4,5)27(34)35-7/h10-11,14,16,22-26,31-33H,1,8-9,12-13,15,17-18H2,2-7H3/b16-14+,20-10+,21-11-/t22-,23+,24+,25-,26-,30+/m1/s1. The van der Waals surface area contributed by atoms with E-state index in [0.717, 1.165) is 36.8 Å². The van der Waals surface area contributed by atoms with Crippen molar-refractivity contribution >= 4 is 5.97 Å². The van der Waals surface area contributed by atoms with Gasteiger partial charge >= 0.3 is 5.97 Å². The molecule has 3 saturated carbocycles. The molecule has 35 heavy (non-hydrogen) atoms. The first kappa shape index (κ1) is 27.9. The molecule has 0 aromatic rings. The van der Waals surface area contributed by atoms with E-state index in [1.165, 1.54) is 19.1 Å². The Morgan fingerprint density at radius 1 is 1.20 bits per heavy atom. The van der Waals surface area contributed by atoms with E-state index in [-0.39, 0.29) is 10.8 Å². The molecule has 3 aliphatic rings. The quantitative estimate of drug-likeness (QED) is 0.352. The summed E-state index contributed by atoms with van der Waals surface area (Å²) < 4.78 is 4.87. The third-order valence-corrected chi connectivity index (χ3v) is 9.29. The summed E-state index contributed by atoms with van der Waals surface area (Å²) in [4.78, 5) is 12.1. The maximum absolute atomic E-state index is 12.1. The van der Waals surface area contributed by atoms with Crippen LogP contribution in [0.4, 0.5) is 0 Å². The zero-order valence-corrected chi connectivity index (χ0v) is 22.5. The minimum absolute atomic E-state index is 0.135. The van der Waals surface area contributed by atoms with Crippen LogP contribution in [0.5, 0.6) is 0 Å². The molecule has 3 fully saturated rings. The zero-order chi connectivity index (χ0) is 26.2. The second-order valence-electron chi connectivity index (χ2n) is 12.4. The van der Waals surface area contributed by atoms with Gasteiger partial charge in [-0.2, -0.15) is 0 Å². The van der Waals surface area contributed by atoms with E-state index in [9.17, 15) is 20.1 Å². The van der Waals surface area contributed by atoms with Crippen LogP contribution in [0.15, 0.2) is 47.6 Å². The molecular formula is C30H46O5. The van der Waals surface area contributed by atoms with Gasteiger partial charge in [0.2, 0.25) is 0 Å². The number of allylic oxidation sites excluding steroid dienone is 4. The molecule has 0 aliphatic heterocycles. The van der Waals surface area contributed by atoms with E-state index >= 15 is 0 Å². The van der Waals surface area contributed by atoms with E-state index in [4.69, 9.17) is 4.74 Å². The fourth-order valence-electron chi connectivity index (χ4n) is 7.01. The molecule has 3 N–H and O–H groups in total. The highest BCUT2D eigenvalue weighted by molar-refractivity contribution is 5.76. The number of hydrogen-bond acceptors (Lipinski definition) is 5. The maximum Gasteiger partial charge on any atom is 0.314 e. The predicted molar refractivity (Wildman–Crippen MR) is 139 cm³/mol. The second kappa shape index (κ2) is 10.4. The summed E-state index contributed by atoms with van der Waals surface area (Å²) >= 11 is 0. The molecule has 0 heterocycles. The number of rotatable bonds is 6. The first-order chi connectivity index (χ1) is 16.2. The molecule has 0 aromatic carbocycles. The van der Waals surface area contributed by atoms with E-state index in [0.29, 0.717) is 24.7 Å². The van der Waals surface area contributed by atoms with E-state index in [2.05, 4.69) is 45.6 Å². The number of fused-ring (bicyclic) bond motifs is 1. The molecule has 0 amide bonds. The highest BCUT2D eigenvalue weighted by Gasteiger charge is 2.53. The first-order valence-electron chi connectivity index (χ1n) is 13.1. The molecule has 5 heteroatoms. The lowest BCUT2D eigenvalue weighted by Gasteiger charge is -2.47. The predicted octanol–water partition coefficient (Wildman–Crippen LogP) is 5.27. The number of aliphatic hydroxyl groups is 3. The SMILES string of the molecule is C=C1/C(=C\C=C2/CCC[C@]3(C)[C@@H](C(C)(C)/C=C/[C@@H](O)C(C)(C)C(=O)OC)CC[C@@H]23)C[C@@H](O)C[C@@H]1O. The number of esters is 1. The molecule has 3 rings (SSSR count). The van der Waals surface area contributed by atoms with Crippen molar-refractivity contribution in [3.8, 4) is 0 Å². The van der Waals surface area contributed by atoms with Crippen molar-refractivity contribution in [2.75, 3.05) is 7.11 Å². The average Bonchev–Trinajstić information content (AvgIpc) is 3.16. The summed E-state index contributed by atoms with van der Waals surface area (Å²) in [6, 6.07) is 0. The van der Waals surface area contributed by atoms with E-state index in [1.54, 1.807) is 19.9 Å². The van der Waals surface area contributed by atoms with Gasteiger partial charge in [0, 0.05) is 6.42 Å². The average molecular weight is 487 g/mol. The molecule has 0 radical (unpaired) electrons. The van der Waals surface area contributed by atoms with Crippen LogP contribution in [0.25, 0.3) is 0 Å². The topological polar surface area (TPSA) is 87.0 Å². The third kappa shape index (κ3) is 5.52. The van der Waals surface area contributed by atoms with Crippen molar-refractivity contribution in [3.05, 3.63) is 47.6 Å². The van der Waals surface area contributed by atoms with Gasteiger partial charge in [-0.1, -0.05) is 57.2 Å². The number of ether oxygens (including phenoxy) is 1. The number of carbonyl (C=O) groups is 1. The van der Waals surface area contributed by atoms with Crippen LogP contribution >= 0.6 is 0 Å². The van der Waals surface area contributed by atoms with Gasteiger partial charge in [-0.3, -0.25) is 4.79 Å². The highest BCUT2D eigenvalue weighted by atomic mass is 16.5. The molecule has 0 saturated heterocycles. The van der Waals surface area contributed by atoms with Crippen LogP contribution in [0.2, 0.25) is 0 Å².